The summed E-state index contributed by atoms with van der Waals surface area (Å²) in [5.74, 6) is 1.43. The smallest absolute Gasteiger partial charge is 0.142 e. The van der Waals surface area contributed by atoms with E-state index in [4.69, 9.17) is 23.8 Å². The Kier molecular flexibility index (Phi) is 2.65. The van der Waals surface area contributed by atoms with Crippen LogP contribution in [0.3, 0.4) is 0 Å². The fourth-order valence-electron chi connectivity index (χ4n) is 1.18. The minimum absolute atomic E-state index is 0.427. The number of hydrogen-bond acceptors (Lipinski definition) is 4. The molecule has 0 aliphatic heterocycles. The molecule has 0 radical (unpaired) electrons. The molecule has 1 saturated carbocycles. The minimum Gasteiger partial charge on any atom is -0.367 e. The van der Waals surface area contributed by atoms with E-state index in [1.165, 1.54) is 18.2 Å². The van der Waals surface area contributed by atoms with Crippen LogP contribution in [-0.4, -0.2) is 21.4 Å². The Balaban J connectivity index is 2.37. The van der Waals surface area contributed by atoms with Crippen molar-refractivity contribution in [2.45, 2.75) is 25.8 Å². The molecule has 0 aromatic carbocycles. The molecule has 1 aliphatic rings. The van der Waals surface area contributed by atoms with Crippen LogP contribution in [-0.2, 0) is 0 Å². The Labute approximate surface area is 92.9 Å². The van der Waals surface area contributed by atoms with E-state index in [-0.39, 0.29) is 0 Å². The Hall–Kier alpha value is -0.740. The second kappa shape index (κ2) is 3.79. The maximum Gasteiger partial charge on any atom is 0.142 e. The number of thiocarbonyl (C=S) groups is 1. The van der Waals surface area contributed by atoms with Crippen molar-refractivity contribution in [1.29, 1.82) is 0 Å². The van der Waals surface area contributed by atoms with Crippen molar-refractivity contribution in [3.8, 4) is 0 Å². The first-order chi connectivity index (χ1) is 6.70. The largest absolute Gasteiger partial charge is 0.367 e. The first kappa shape index (κ1) is 9.80. The number of hydrogen-bond donors (Lipinski definition) is 1. The number of aromatic nitrogens is 2. The minimum atomic E-state index is 0.427. The van der Waals surface area contributed by atoms with Crippen LogP contribution < -0.4 is 5.32 Å². The van der Waals surface area contributed by atoms with Gasteiger partial charge in [0.05, 0.1) is 5.56 Å². The van der Waals surface area contributed by atoms with Gasteiger partial charge in [-0.1, -0.05) is 23.8 Å². The lowest BCUT2D eigenvalue weighted by Crippen LogP contribution is -2.08. The SMILES string of the molecule is Cc1nc(Cl)c(C=S)c(NC2CC2)n1. The first-order valence-corrected chi connectivity index (χ1v) is 5.31. The van der Waals surface area contributed by atoms with Gasteiger partial charge in [0.15, 0.2) is 0 Å². The summed E-state index contributed by atoms with van der Waals surface area (Å²) in [5.41, 5.74) is 0.721. The highest BCUT2D eigenvalue weighted by molar-refractivity contribution is 7.79. The zero-order valence-corrected chi connectivity index (χ0v) is 9.32. The van der Waals surface area contributed by atoms with Crippen molar-refractivity contribution in [2.24, 2.45) is 0 Å². The van der Waals surface area contributed by atoms with Crippen molar-refractivity contribution in [3.63, 3.8) is 0 Å². The molecule has 3 nitrogen and oxygen atoms in total. The van der Waals surface area contributed by atoms with Crippen molar-refractivity contribution in [3.05, 3.63) is 16.5 Å². The molecule has 1 heterocycles. The van der Waals surface area contributed by atoms with E-state index in [1.807, 2.05) is 6.92 Å². The Morgan fingerprint density at radius 1 is 1.50 bits per heavy atom. The zero-order valence-electron chi connectivity index (χ0n) is 7.75. The summed E-state index contributed by atoms with van der Waals surface area (Å²) in [6.07, 6.45) is 2.38. The van der Waals surface area contributed by atoms with E-state index < -0.39 is 0 Å². The number of anilines is 1. The zero-order chi connectivity index (χ0) is 10.1. The number of rotatable bonds is 3. The van der Waals surface area contributed by atoms with Gasteiger partial charge in [-0.15, -0.1) is 0 Å². The summed E-state index contributed by atoms with van der Waals surface area (Å²) >= 11 is 10.8. The Morgan fingerprint density at radius 2 is 2.21 bits per heavy atom. The molecule has 1 aliphatic carbocycles. The van der Waals surface area contributed by atoms with Crippen LogP contribution in [0.15, 0.2) is 0 Å². The van der Waals surface area contributed by atoms with Crippen LogP contribution >= 0.6 is 23.8 Å². The summed E-state index contributed by atoms with van der Waals surface area (Å²) in [6, 6.07) is 0.536. The highest BCUT2D eigenvalue weighted by Gasteiger charge is 2.23. The average molecular weight is 228 g/mol. The molecule has 2 rings (SSSR count). The first-order valence-electron chi connectivity index (χ1n) is 4.46. The average Bonchev–Trinajstić information content (AvgIpc) is 2.87. The molecule has 0 amide bonds. The molecular formula is C9H10ClN3S. The molecule has 1 aromatic rings. The molecular weight excluding hydrogens is 218 g/mol. The normalized spacial score (nSPS) is 15.3. The second-order valence-corrected chi connectivity index (χ2v) is 3.95. The molecule has 0 unspecified atom stereocenters. The van der Waals surface area contributed by atoms with E-state index >= 15 is 0 Å². The van der Waals surface area contributed by atoms with Crippen LogP contribution in [0.4, 0.5) is 5.82 Å². The summed E-state index contributed by atoms with van der Waals surface area (Å²) in [7, 11) is 0. The number of aryl methyl sites for hydroxylation is 1. The van der Waals surface area contributed by atoms with Gasteiger partial charge in [0, 0.05) is 11.4 Å². The Morgan fingerprint density at radius 3 is 2.79 bits per heavy atom. The number of nitrogens with zero attached hydrogens (tertiary/aromatic N) is 2. The second-order valence-electron chi connectivity index (χ2n) is 3.36. The standard InChI is InChI=1S/C9H10ClN3S/c1-5-11-8(10)7(4-14)9(12-5)13-6-2-3-6/h4,6H,2-3H2,1H3,(H,11,12,13). The van der Waals surface area contributed by atoms with Gasteiger partial charge in [-0.25, -0.2) is 9.97 Å². The third kappa shape index (κ3) is 2.01. The highest BCUT2D eigenvalue weighted by atomic mass is 35.5. The summed E-state index contributed by atoms with van der Waals surface area (Å²) in [6.45, 7) is 1.82. The maximum atomic E-state index is 5.95. The number of halogens is 1. The van der Waals surface area contributed by atoms with E-state index in [9.17, 15) is 0 Å². The molecule has 1 fully saturated rings. The lowest BCUT2D eigenvalue weighted by Gasteiger charge is -2.08. The van der Waals surface area contributed by atoms with Crippen LogP contribution in [0.1, 0.15) is 24.2 Å². The molecule has 0 atom stereocenters. The summed E-state index contributed by atoms with van der Waals surface area (Å²) in [5, 5.41) is 5.23. The van der Waals surface area contributed by atoms with Gasteiger partial charge in [-0.3, -0.25) is 0 Å². The van der Waals surface area contributed by atoms with E-state index in [1.54, 1.807) is 0 Å². The molecule has 5 heteroatoms. The van der Waals surface area contributed by atoms with E-state index in [0.717, 1.165) is 11.4 Å². The molecule has 0 saturated heterocycles. The van der Waals surface area contributed by atoms with Crippen molar-refractivity contribution >= 4 is 35.0 Å². The molecule has 1 N–H and O–H groups in total. The number of nitrogens with one attached hydrogen (secondary N) is 1. The van der Waals surface area contributed by atoms with Gasteiger partial charge in [-0.05, 0) is 19.8 Å². The maximum absolute atomic E-state index is 5.95. The topological polar surface area (TPSA) is 37.8 Å². The molecule has 0 bridgehead atoms. The van der Waals surface area contributed by atoms with Crippen molar-refractivity contribution in [2.75, 3.05) is 5.32 Å². The highest BCUT2D eigenvalue weighted by Crippen LogP contribution is 2.27. The van der Waals surface area contributed by atoms with Crippen molar-refractivity contribution < 1.29 is 0 Å². The molecule has 0 spiro atoms. The summed E-state index contributed by atoms with van der Waals surface area (Å²) < 4.78 is 0. The van der Waals surface area contributed by atoms with Gasteiger partial charge in [0.2, 0.25) is 0 Å². The van der Waals surface area contributed by atoms with Gasteiger partial charge >= 0.3 is 0 Å². The monoisotopic (exact) mass is 227 g/mol. The predicted molar refractivity (Wildman–Crippen MR) is 61.2 cm³/mol. The van der Waals surface area contributed by atoms with Crippen LogP contribution in [0.25, 0.3) is 0 Å². The van der Waals surface area contributed by atoms with Gasteiger partial charge in [0.25, 0.3) is 0 Å². The van der Waals surface area contributed by atoms with Crippen LogP contribution in [0, 0.1) is 6.92 Å². The van der Waals surface area contributed by atoms with Gasteiger partial charge in [-0.2, -0.15) is 0 Å². The molecule has 1 aromatic heterocycles. The van der Waals surface area contributed by atoms with Gasteiger partial charge < -0.3 is 5.32 Å². The van der Waals surface area contributed by atoms with E-state index in [0.29, 0.717) is 17.0 Å². The third-order valence-electron chi connectivity index (χ3n) is 2.05. The van der Waals surface area contributed by atoms with Crippen LogP contribution in [0.2, 0.25) is 5.15 Å². The molecule has 14 heavy (non-hydrogen) atoms. The molecule has 74 valence electrons. The van der Waals surface area contributed by atoms with E-state index in [2.05, 4.69) is 15.3 Å². The lowest BCUT2D eigenvalue weighted by atomic mass is 10.3. The predicted octanol–water partition coefficient (Wildman–Crippen LogP) is 2.36. The third-order valence-corrected chi connectivity index (χ3v) is 2.57. The lowest BCUT2D eigenvalue weighted by molar-refractivity contribution is 1.02. The van der Waals surface area contributed by atoms with Crippen molar-refractivity contribution in [1.82, 2.24) is 9.97 Å². The fraction of sp³-hybridized carbons (Fsp3) is 0.444. The van der Waals surface area contributed by atoms with Gasteiger partial charge in [0.1, 0.15) is 16.8 Å². The van der Waals surface area contributed by atoms with Crippen LogP contribution in [0.5, 0.6) is 0 Å². The summed E-state index contributed by atoms with van der Waals surface area (Å²) in [4.78, 5) is 8.33. The quantitative estimate of drug-likeness (QED) is 0.636. The fourth-order valence-corrected chi connectivity index (χ4v) is 1.74. The Bertz CT molecular complexity index is 377.